The van der Waals surface area contributed by atoms with Gasteiger partial charge in [0, 0.05) is 38.0 Å². The molecule has 2 heterocycles. The molecule has 0 radical (unpaired) electrons. The summed E-state index contributed by atoms with van der Waals surface area (Å²) in [6, 6.07) is 0.496. The molecule has 3 unspecified atom stereocenters. The minimum absolute atomic E-state index is 0.0906. The van der Waals surface area contributed by atoms with Crippen molar-refractivity contribution in [1.82, 2.24) is 19.1 Å². The zero-order valence-corrected chi connectivity index (χ0v) is 21.0. The fraction of sp³-hybridized carbons (Fsp3) is 0.476. The van der Waals surface area contributed by atoms with Crippen LogP contribution in [0.4, 0.5) is 26.3 Å². The second-order valence-electron chi connectivity index (χ2n) is 8.58. The first-order valence-corrected chi connectivity index (χ1v) is 11.9. The summed E-state index contributed by atoms with van der Waals surface area (Å²) in [6.45, 7) is 0.129. The predicted octanol–water partition coefficient (Wildman–Crippen LogP) is 3.16. The first-order chi connectivity index (χ1) is 17.5. The number of H-pyrrole nitrogens is 1. The Labute approximate surface area is 211 Å². The molecule has 2 aromatic rings. The number of carbonyl (C=O) groups is 1. The maximum Gasteiger partial charge on any atom is 0.615 e. The van der Waals surface area contributed by atoms with Gasteiger partial charge in [-0.25, -0.2) is 4.79 Å². The monoisotopic (exact) mass is 571 g/mol. The number of ether oxygens (including phenoxy) is 1. The van der Waals surface area contributed by atoms with Gasteiger partial charge in [-0.1, -0.05) is 4.67 Å². The number of aryl methyl sites for hydroxylation is 1. The summed E-state index contributed by atoms with van der Waals surface area (Å²) in [5.41, 5.74) is -5.77. The van der Waals surface area contributed by atoms with Crippen LogP contribution in [-0.2, 0) is 26.2 Å². The molecule has 208 valence electrons. The third-order valence-corrected chi connectivity index (χ3v) is 6.45. The zero-order valence-electron chi connectivity index (χ0n) is 20.1. The average molecular weight is 571 g/mol. The summed E-state index contributed by atoms with van der Waals surface area (Å²) < 4.78 is 105. The Kier molecular flexibility index (Phi) is 8.51. The van der Waals surface area contributed by atoms with Gasteiger partial charge in [-0.15, -0.1) is 4.52 Å². The number of benzene rings is 1. The van der Waals surface area contributed by atoms with Crippen molar-refractivity contribution in [2.45, 2.75) is 31.6 Å². The Hall–Kier alpha value is -3.07. The number of amides is 1. The molecule has 1 aliphatic heterocycles. The number of aromatic nitrogens is 2. The summed E-state index contributed by atoms with van der Waals surface area (Å²) in [5, 5.41) is 0. The van der Waals surface area contributed by atoms with Crippen LogP contribution < -0.4 is 11.2 Å². The number of hydrogen-bond acceptors (Lipinski definition) is 6. The molecule has 17 heteroatoms. The summed E-state index contributed by atoms with van der Waals surface area (Å²) in [4.78, 5) is 40.3. The molecule has 0 spiro atoms. The standard InChI is InChI=1S/C21H21F6N4O6P/c1-11-7-31(19(34)28-17(11)32)16-9-30(8-15(37-16)10-36-38(35)29(2)3)18(33)12-4-13(20(22,23)24)6-14(5-12)21(25,26)27/h4-7,15-16H,8-10H2,1-3H3/p+1. The number of morpholine rings is 1. The molecule has 1 aliphatic rings. The molecule has 1 aromatic heterocycles. The van der Waals surface area contributed by atoms with Gasteiger partial charge >= 0.3 is 26.2 Å². The molecule has 1 saturated heterocycles. The van der Waals surface area contributed by atoms with Crippen LogP contribution in [0.25, 0.3) is 0 Å². The smallest absolute Gasteiger partial charge is 0.348 e. The number of aromatic amines is 1. The molecule has 0 saturated carbocycles. The Morgan fingerprint density at radius 3 is 2.21 bits per heavy atom. The zero-order chi connectivity index (χ0) is 28.6. The topological polar surface area (TPSA) is 114 Å². The van der Waals surface area contributed by atoms with E-state index >= 15 is 0 Å². The van der Waals surface area contributed by atoms with Crippen LogP contribution in [0.15, 0.2) is 34.0 Å². The fourth-order valence-corrected chi connectivity index (χ4v) is 4.08. The van der Waals surface area contributed by atoms with Gasteiger partial charge in [0.15, 0.2) is 6.23 Å². The van der Waals surface area contributed by atoms with E-state index < -0.39 is 79.9 Å². The van der Waals surface area contributed by atoms with Crippen molar-refractivity contribution in [2.24, 2.45) is 0 Å². The van der Waals surface area contributed by atoms with E-state index in [1.807, 2.05) is 4.98 Å². The molecule has 3 atom stereocenters. The molecular weight excluding hydrogens is 549 g/mol. The number of hydrogen-bond donors (Lipinski definition) is 1. The van der Waals surface area contributed by atoms with Crippen molar-refractivity contribution in [3.05, 3.63) is 67.5 Å². The van der Waals surface area contributed by atoms with Crippen LogP contribution in [0.2, 0.25) is 0 Å². The minimum atomic E-state index is -5.17. The van der Waals surface area contributed by atoms with E-state index in [0.29, 0.717) is 12.1 Å². The van der Waals surface area contributed by atoms with Crippen molar-refractivity contribution in [3.8, 4) is 0 Å². The molecule has 3 rings (SSSR count). The molecule has 1 aromatic carbocycles. The summed E-state index contributed by atoms with van der Waals surface area (Å²) in [5.74, 6) is -1.20. The number of nitrogens with one attached hydrogen (secondary N) is 1. The van der Waals surface area contributed by atoms with Crippen molar-refractivity contribution >= 4 is 14.1 Å². The van der Waals surface area contributed by atoms with Crippen LogP contribution in [0.5, 0.6) is 0 Å². The molecule has 0 bridgehead atoms. The van der Waals surface area contributed by atoms with Crippen LogP contribution in [0, 0.1) is 6.92 Å². The van der Waals surface area contributed by atoms with Gasteiger partial charge in [0.1, 0.15) is 12.7 Å². The highest BCUT2D eigenvalue weighted by molar-refractivity contribution is 7.36. The van der Waals surface area contributed by atoms with Gasteiger partial charge < -0.3 is 9.64 Å². The van der Waals surface area contributed by atoms with E-state index in [-0.39, 0.29) is 18.2 Å². The Morgan fingerprint density at radius 2 is 1.68 bits per heavy atom. The molecule has 1 amide bonds. The van der Waals surface area contributed by atoms with E-state index in [0.717, 1.165) is 15.7 Å². The number of carbonyl (C=O) groups excluding carboxylic acids is 1. The first-order valence-electron chi connectivity index (χ1n) is 10.8. The highest BCUT2D eigenvalue weighted by Gasteiger charge is 2.40. The van der Waals surface area contributed by atoms with E-state index in [2.05, 4.69) is 0 Å². The second kappa shape index (κ2) is 11.0. The lowest BCUT2D eigenvalue weighted by atomic mass is 10.0. The molecule has 0 aliphatic carbocycles. The fourth-order valence-electron chi connectivity index (χ4n) is 3.55. The Morgan fingerprint density at radius 1 is 1.11 bits per heavy atom. The van der Waals surface area contributed by atoms with E-state index in [1.165, 1.54) is 25.7 Å². The lowest BCUT2D eigenvalue weighted by Gasteiger charge is -2.38. The lowest BCUT2D eigenvalue weighted by molar-refractivity contribution is -0.143. The minimum Gasteiger partial charge on any atom is -0.348 e. The number of alkyl halides is 6. The van der Waals surface area contributed by atoms with Crippen LogP contribution in [0.1, 0.15) is 33.3 Å². The van der Waals surface area contributed by atoms with E-state index in [4.69, 9.17) is 9.26 Å². The Bertz CT molecular complexity index is 1310. The second-order valence-corrected chi connectivity index (χ2v) is 10.1. The third kappa shape index (κ3) is 6.87. The molecular formula is C21H22F6N4O6P+. The predicted molar refractivity (Wildman–Crippen MR) is 120 cm³/mol. The van der Waals surface area contributed by atoms with Crippen molar-refractivity contribution in [3.63, 3.8) is 0 Å². The maximum absolute atomic E-state index is 13.3. The largest absolute Gasteiger partial charge is 0.615 e. The van der Waals surface area contributed by atoms with Crippen LogP contribution in [0.3, 0.4) is 0 Å². The molecule has 10 nitrogen and oxygen atoms in total. The number of rotatable bonds is 6. The van der Waals surface area contributed by atoms with Crippen LogP contribution in [-0.4, -0.2) is 64.9 Å². The number of nitrogens with zero attached hydrogens (tertiary/aromatic N) is 3. The average Bonchev–Trinajstić information content (AvgIpc) is 2.82. The summed E-state index contributed by atoms with van der Waals surface area (Å²) in [6.07, 6.45) is -11.6. The van der Waals surface area contributed by atoms with Crippen molar-refractivity contribution in [2.75, 3.05) is 33.8 Å². The quantitative estimate of drug-likeness (QED) is 0.419. The van der Waals surface area contributed by atoms with E-state index in [9.17, 15) is 45.3 Å². The highest BCUT2D eigenvalue weighted by Crippen LogP contribution is 2.37. The normalized spacial score (nSPS) is 19.1. The van der Waals surface area contributed by atoms with Gasteiger partial charge in [-0.2, -0.15) is 26.3 Å². The number of halogens is 6. The van der Waals surface area contributed by atoms with Gasteiger partial charge in [-0.3, -0.25) is 19.1 Å². The van der Waals surface area contributed by atoms with E-state index in [1.54, 1.807) is 0 Å². The van der Waals surface area contributed by atoms with Gasteiger partial charge in [-0.05, 0) is 29.7 Å². The summed E-state index contributed by atoms with van der Waals surface area (Å²) >= 11 is 0. The summed E-state index contributed by atoms with van der Waals surface area (Å²) in [7, 11) is 0.581. The highest BCUT2D eigenvalue weighted by atomic mass is 31.1. The third-order valence-electron chi connectivity index (χ3n) is 5.43. The molecule has 1 N–H and O–H groups in total. The van der Waals surface area contributed by atoms with Gasteiger partial charge in [0.25, 0.3) is 11.5 Å². The van der Waals surface area contributed by atoms with Crippen LogP contribution >= 0.6 is 8.18 Å². The Balaban J connectivity index is 2.02. The van der Waals surface area contributed by atoms with Gasteiger partial charge in [0.05, 0.1) is 17.7 Å². The van der Waals surface area contributed by atoms with Crippen molar-refractivity contribution in [1.29, 1.82) is 0 Å². The van der Waals surface area contributed by atoms with Crippen molar-refractivity contribution < 1.29 is 45.0 Å². The molecule has 1 fully saturated rings. The molecule has 38 heavy (non-hydrogen) atoms. The van der Waals surface area contributed by atoms with Gasteiger partial charge in [0.2, 0.25) is 0 Å². The lowest BCUT2D eigenvalue weighted by Crippen LogP contribution is -2.51. The maximum atomic E-state index is 13.3. The SMILES string of the molecule is Cc1cn(C2CN(C(=O)c3cc(C(F)(F)F)cc(C(F)(F)F)c3)CC(CO[P+](=O)N(C)C)O2)c(=O)[nH]c1=O. The first kappa shape index (κ1) is 29.5.